The van der Waals surface area contributed by atoms with E-state index in [1.54, 1.807) is 18.2 Å². The SMILES string of the molecule is CCOc1cccc2cc(C(=O)Nc3sc4c(c3C(=O)OC)CCCCCC4)c(=N)oc12. The van der Waals surface area contributed by atoms with Crippen LogP contribution in [0.1, 0.15) is 63.8 Å². The molecule has 2 N–H and O–H groups in total. The topological polar surface area (TPSA) is 102 Å². The van der Waals surface area contributed by atoms with Crippen molar-refractivity contribution < 1.29 is 23.5 Å². The number of nitrogens with one attached hydrogen (secondary N) is 2. The third-order valence-corrected chi connectivity index (χ3v) is 6.80. The summed E-state index contributed by atoms with van der Waals surface area (Å²) in [6.45, 7) is 2.33. The van der Waals surface area contributed by atoms with Crippen LogP contribution in [0, 0.1) is 5.41 Å². The van der Waals surface area contributed by atoms with Gasteiger partial charge in [-0.1, -0.05) is 25.0 Å². The van der Waals surface area contributed by atoms with Crippen molar-refractivity contribution in [1.29, 1.82) is 5.41 Å². The van der Waals surface area contributed by atoms with Crippen molar-refractivity contribution in [3.05, 3.63) is 51.4 Å². The van der Waals surface area contributed by atoms with Gasteiger partial charge >= 0.3 is 5.97 Å². The fourth-order valence-corrected chi connectivity index (χ4v) is 5.34. The maximum Gasteiger partial charge on any atom is 0.341 e. The second-order valence-electron chi connectivity index (χ2n) is 7.66. The molecule has 0 spiro atoms. The summed E-state index contributed by atoms with van der Waals surface area (Å²) in [5.41, 5.74) is 1.66. The van der Waals surface area contributed by atoms with Crippen LogP contribution in [0.3, 0.4) is 0 Å². The van der Waals surface area contributed by atoms with E-state index in [1.165, 1.54) is 18.4 Å². The molecule has 3 aromatic rings. The van der Waals surface area contributed by atoms with Crippen molar-refractivity contribution in [1.82, 2.24) is 0 Å². The van der Waals surface area contributed by atoms with Gasteiger partial charge in [-0.15, -0.1) is 11.3 Å². The van der Waals surface area contributed by atoms with Crippen LogP contribution < -0.4 is 15.6 Å². The van der Waals surface area contributed by atoms with E-state index in [4.69, 9.17) is 19.3 Å². The molecule has 1 amide bonds. The predicted octanol–water partition coefficient (Wildman–Crippen LogP) is 5.07. The minimum atomic E-state index is -0.498. The summed E-state index contributed by atoms with van der Waals surface area (Å²) in [5.74, 6) is -0.424. The summed E-state index contributed by atoms with van der Waals surface area (Å²) < 4.78 is 16.2. The van der Waals surface area contributed by atoms with E-state index in [0.29, 0.717) is 33.9 Å². The number of hydrogen-bond acceptors (Lipinski definition) is 7. The standard InChI is InChI=1S/C24H26N2O5S/c1-3-30-17-11-8-9-14-13-16(21(25)31-20(14)17)22(27)26-23-19(24(28)29-2)15-10-6-4-5-7-12-18(15)32-23/h8-9,11,13,25H,3-7,10,12H2,1-2H3,(H,26,27). The normalized spacial score (nSPS) is 13.7. The van der Waals surface area contributed by atoms with Crippen LogP contribution in [0.25, 0.3) is 11.0 Å². The third-order valence-electron chi connectivity index (χ3n) is 5.59. The molecule has 0 atom stereocenters. The van der Waals surface area contributed by atoms with Gasteiger partial charge in [-0.05, 0) is 50.3 Å². The molecule has 1 aromatic carbocycles. The Labute approximate surface area is 189 Å². The van der Waals surface area contributed by atoms with Gasteiger partial charge in [-0.2, -0.15) is 0 Å². The zero-order valence-electron chi connectivity index (χ0n) is 18.2. The molecular weight excluding hydrogens is 428 g/mol. The second kappa shape index (κ2) is 9.56. The van der Waals surface area contributed by atoms with Gasteiger partial charge < -0.3 is 19.2 Å². The Morgan fingerprint density at radius 3 is 2.72 bits per heavy atom. The minimum Gasteiger partial charge on any atom is -0.490 e. The first-order valence-electron chi connectivity index (χ1n) is 10.8. The smallest absolute Gasteiger partial charge is 0.341 e. The number of rotatable bonds is 5. The van der Waals surface area contributed by atoms with Gasteiger partial charge in [0.15, 0.2) is 11.3 Å². The molecule has 0 saturated heterocycles. The number of ether oxygens (including phenoxy) is 2. The summed E-state index contributed by atoms with van der Waals surface area (Å²) in [4.78, 5) is 26.8. The maximum atomic E-state index is 13.1. The molecule has 8 heteroatoms. The van der Waals surface area contributed by atoms with Crippen molar-refractivity contribution in [2.75, 3.05) is 19.0 Å². The summed E-state index contributed by atoms with van der Waals surface area (Å²) in [5, 5.41) is 12.2. The molecule has 168 valence electrons. The molecule has 0 saturated carbocycles. The Kier molecular flexibility index (Phi) is 6.60. The number of methoxy groups -OCH3 is 1. The molecule has 0 aliphatic heterocycles. The number of hydrogen-bond donors (Lipinski definition) is 2. The molecule has 2 aromatic heterocycles. The van der Waals surface area contributed by atoms with E-state index in [2.05, 4.69) is 5.32 Å². The van der Waals surface area contributed by atoms with Crippen LogP contribution in [0.15, 0.2) is 28.7 Å². The number of benzene rings is 1. The fraction of sp³-hybridized carbons (Fsp3) is 0.375. The number of esters is 1. The number of carbonyl (C=O) groups is 2. The summed E-state index contributed by atoms with van der Waals surface area (Å²) in [6.07, 6.45) is 6.03. The average molecular weight is 455 g/mol. The van der Waals surface area contributed by atoms with Gasteiger partial charge in [0.25, 0.3) is 5.91 Å². The van der Waals surface area contributed by atoms with Gasteiger partial charge in [0.2, 0.25) is 5.55 Å². The molecular formula is C24H26N2O5S. The Morgan fingerprint density at radius 2 is 1.97 bits per heavy atom. The number of aryl methyl sites for hydroxylation is 1. The summed E-state index contributed by atoms with van der Waals surface area (Å²) in [6, 6.07) is 6.98. The Morgan fingerprint density at radius 1 is 1.19 bits per heavy atom. The van der Waals surface area contributed by atoms with Crippen LogP contribution in [0.2, 0.25) is 0 Å². The van der Waals surface area contributed by atoms with Crippen molar-refractivity contribution in [2.24, 2.45) is 0 Å². The van der Waals surface area contributed by atoms with E-state index >= 15 is 0 Å². The number of fused-ring (bicyclic) bond motifs is 2. The van der Waals surface area contributed by atoms with E-state index in [1.807, 2.05) is 13.0 Å². The van der Waals surface area contributed by atoms with Gasteiger partial charge in [0, 0.05) is 10.3 Å². The molecule has 2 heterocycles. The van der Waals surface area contributed by atoms with Crippen molar-refractivity contribution in [3.63, 3.8) is 0 Å². The Balaban J connectivity index is 1.72. The lowest BCUT2D eigenvalue weighted by Crippen LogP contribution is -2.21. The molecule has 7 nitrogen and oxygen atoms in total. The average Bonchev–Trinajstić information content (AvgIpc) is 3.09. The first-order chi connectivity index (χ1) is 15.5. The highest BCUT2D eigenvalue weighted by molar-refractivity contribution is 7.17. The highest BCUT2D eigenvalue weighted by Crippen LogP contribution is 2.37. The monoisotopic (exact) mass is 454 g/mol. The molecule has 0 fully saturated rings. The number of carbonyl (C=O) groups excluding carboxylic acids is 2. The Bertz CT molecular complexity index is 1230. The molecule has 0 radical (unpaired) electrons. The maximum absolute atomic E-state index is 13.1. The number of para-hydroxylation sites is 1. The van der Waals surface area contributed by atoms with E-state index in [0.717, 1.165) is 49.0 Å². The predicted molar refractivity (Wildman–Crippen MR) is 123 cm³/mol. The van der Waals surface area contributed by atoms with Crippen LogP contribution in [-0.2, 0) is 17.6 Å². The third kappa shape index (κ3) is 4.27. The second-order valence-corrected chi connectivity index (χ2v) is 8.77. The molecule has 1 aliphatic rings. The quantitative estimate of drug-likeness (QED) is 0.524. The fourth-order valence-electron chi connectivity index (χ4n) is 4.07. The van der Waals surface area contributed by atoms with Gasteiger partial charge in [0.1, 0.15) is 10.6 Å². The van der Waals surface area contributed by atoms with Crippen LogP contribution in [-0.4, -0.2) is 25.6 Å². The van der Waals surface area contributed by atoms with E-state index in [9.17, 15) is 9.59 Å². The highest BCUT2D eigenvalue weighted by atomic mass is 32.1. The van der Waals surface area contributed by atoms with Crippen molar-refractivity contribution in [2.45, 2.75) is 45.4 Å². The lowest BCUT2D eigenvalue weighted by molar-refractivity contribution is 0.0601. The van der Waals surface area contributed by atoms with Crippen molar-refractivity contribution >= 4 is 39.2 Å². The van der Waals surface area contributed by atoms with Gasteiger partial charge in [-0.3, -0.25) is 10.2 Å². The first kappa shape index (κ1) is 22.1. The Hall–Kier alpha value is -3.13. The number of thiophene rings is 1. The molecule has 0 bridgehead atoms. The lowest BCUT2D eigenvalue weighted by Gasteiger charge is -2.11. The summed E-state index contributed by atoms with van der Waals surface area (Å²) >= 11 is 1.43. The van der Waals surface area contributed by atoms with Crippen molar-refractivity contribution in [3.8, 4) is 5.75 Å². The largest absolute Gasteiger partial charge is 0.490 e. The summed E-state index contributed by atoms with van der Waals surface area (Å²) in [7, 11) is 1.35. The van der Waals surface area contributed by atoms with Crippen LogP contribution >= 0.6 is 11.3 Å². The first-order valence-corrected chi connectivity index (χ1v) is 11.6. The highest BCUT2D eigenvalue weighted by Gasteiger charge is 2.26. The molecule has 32 heavy (non-hydrogen) atoms. The van der Waals surface area contributed by atoms with Crippen LogP contribution in [0.5, 0.6) is 5.75 Å². The lowest BCUT2D eigenvalue weighted by atomic mass is 9.96. The molecule has 1 aliphatic carbocycles. The van der Waals surface area contributed by atoms with Gasteiger partial charge in [0.05, 0.1) is 19.3 Å². The minimum absolute atomic E-state index is 0.0859. The van der Waals surface area contributed by atoms with E-state index < -0.39 is 11.9 Å². The van der Waals surface area contributed by atoms with Crippen LogP contribution in [0.4, 0.5) is 5.00 Å². The molecule has 0 unspecified atom stereocenters. The zero-order chi connectivity index (χ0) is 22.7. The zero-order valence-corrected chi connectivity index (χ0v) is 19.0. The van der Waals surface area contributed by atoms with Gasteiger partial charge in [-0.25, -0.2) is 4.79 Å². The number of amides is 1. The number of anilines is 1. The van der Waals surface area contributed by atoms with E-state index in [-0.39, 0.29) is 11.1 Å². The molecule has 4 rings (SSSR count).